The molecule has 0 radical (unpaired) electrons. The summed E-state index contributed by atoms with van der Waals surface area (Å²) in [5, 5.41) is 1.13. The summed E-state index contributed by atoms with van der Waals surface area (Å²) in [4.78, 5) is 9.06. The van der Waals surface area contributed by atoms with Crippen molar-refractivity contribution in [2.45, 2.75) is 6.54 Å². The Morgan fingerprint density at radius 2 is 2.05 bits per heavy atom. The van der Waals surface area contributed by atoms with E-state index >= 15 is 0 Å². The number of nitrogens with two attached hydrogens (primary N) is 1. The van der Waals surface area contributed by atoms with Gasteiger partial charge in [-0.25, -0.2) is 4.98 Å². The van der Waals surface area contributed by atoms with Crippen LogP contribution in [-0.2, 0) is 6.54 Å². The SMILES string of the molecule is NC(=S)c1nccn1Cc1ccc2ccccc2n1. The van der Waals surface area contributed by atoms with E-state index in [1.54, 1.807) is 6.20 Å². The van der Waals surface area contributed by atoms with Crippen LogP contribution in [0, 0.1) is 0 Å². The Kier molecular flexibility index (Phi) is 2.97. The van der Waals surface area contributed by atoms with Crippen LogP contribution in [0.15, 0.2) is 48.8 Å². The summed E-state index contributed by atoms with van der Waals surface area (Å²) in [6.07, 6.45) is 3.54. The highest BCUT2D eigenvalue weighted by molar-refractivity contribution is 7.80. The maximum absolute atomic E-state index is 5.63. The first-order chi connectivity index (χ1) is 9.24. The summed E-state index contributed by atoms with van der Waals surface area (Å²) in [6, 6.07) is 12.1. The van der Waals surface area contributed by atoms with Crippen LogP contribution in [0.4, 0.5) is 0 Å². The largest absolute Gasteiger partial charge is 0.387 e. The van der Waals surface area contributed by atoms with Gasteiger partial charge in [0, 0.05) is 17.8 Å². The first-order valence-corrected chi connectivity index (χ1v) is 6.30. The van der Waals surface area contributed by atoms with Crippen molar-refractivity contribution in [2.75, 3.05) is 0 Å². The summed E-state index contributed by atoms with van der Waals surface area (Å²) >= 11 is 4.97. The minimum absolute atomic E-state index is 0.297. The fraction of sp³-hybridized carbons (Fsp3) is 0.0714. The van der Waals surface area contributed by atoms with Gasteiger partial charge in [-0.3, -0.25) is 4.98 Å². The van der Waals surface area contributed by atoms with Gasteiger partial charge in [0.2, 0.25) is 0 Å². The van der Waals surface area contributed by atoms with Crippen molar-refractivity contribution in [1.82, 2.24) is 14.5 Å². The number of aromatic nitrogens is 3. The molecule has 94 valence electrons. The number of hydrogen-bond donors (Lipinski definition) is 1. The molecule has 1 aromatic carbocycles. The summed E-state index contributed by atoms with van der Waals surface area (Å²) in [5.74, 6) is 0.616. The molecule has 0 saturated carbocycles. The number of fused-ring (bicyclic) bond motifs is 1. The second-order valence-corrected chi connectivity index (χ2v) is 4.68. The van der Waals surface area contributed by atoms with Crippen LogP contribution in [0.2, 0.25) is 0 Å². The number of hydrogen-bond acceptors (Lipinski definition) is 3. The van der Waals surface area contributed by atoms with E-state index < -0.39 is 0 Å². The third kappa shape index (κ3) is 2.32. The van der Waals surface area contributed by atoms with Gasteiger partial charge >= 0.3 is 0 Å². The van der Waals surface area contributed by atoms with Crippen LogP contribution < -0.4 is 5.73 Å². The zero-order valence-corrected chi connectivity index (χ0v) is 11.0. The summed E-state index contributed by atoms with van der Waals surface area (Å²) in [7, 11) is 0. The number of nitrogens with zero attached hydrogens (tertiary/aromatic N) is 3. The molecule has 2 N–H and O–H groups in total. The third-order valence-electron chi connectivity index (χ3n) is 2.92. The first-order valence-electron chi connectivity index (χ1n) is 5.89. The molecule has 3 rings (SSSR count). The van der Waals surface area contributed by atoms with Crippen LogP contribution >= 0.6 is 12.2 Å². The maximum atomic E-state index is 5.63. The molecule has 0 aliphatic heterocycles. The van der Waals surface area contributed by atoms with Crippen molar-refractivity contribution in [1.29, 1.82) is 0 Å². The van der Waals surface area contributed by atoms with Gasteiger partial charge in [-0.05, 0) is 12.1 Å². The number of pyridine rings is 1. The molecule has 0 aliphatic carbocycles. The summed E-state index contributed by atoms with van der Waals surface area (Å²) in [6.45, 7) is 0.609. The highest BCUT2D eigenvalue weighted by atomic mass is 32.1. The van der Waals surface area contributed by atoms with Gasteiger partial charge in [-0.15, -0.1) is 0 Å². The van der Waals surface area contributed by atoms with Crippen LogP contribution in [-0.4, -0.2) is 19.5 Å². The zero-order valence-electron chi connectivity index (χ0n) is 10.2. The van der Waals surface area contributed by atoms with Crippen molar-refractivity contribution in [3.05, 3.63) is 60.3 Å². The third-order valence-corrected chi connectivity index (χ3v) is 3.11. The molecule has 0 atom stereocenters. The highest BCUT2D eigenvalue weighted by Gasteiger charge is 2.06. The molecule has 5 heteroatoms. The second kappa shape index (κ2) is 4.78. The molecule has 0 fully saturated rings. The van der Waals surface area contributed by atoms with Crippen LogP contribution in [0.5, 0.6) is 0 Å². The monoisotopic (exact) mass is 268 g/mol. The van der Waals surface area contributed by atoms with E-state index in [1.807, 2.05) is 41.1 Å². The topological polar surface area (TPSA) is 56.7 Å². The minimum atomic E-state index is 0.297. The Morgan fingerprint density at radius 1 is 1.21 bits per heavy atom. The molecular formula is C14H12N4S. The molecule has 0 spiro atoms. The Bertz CT molecular complexity index is 748. The van der Waals surface area contributed by atoms with Crippen molar-refractivity contribution in [3.63, 3.8) is 0 Å². The normalized spacial score (nSPS) is 10.7. The molecule has 2 heterocycles. The van der Waals surface area contributed by atoms with Crippen molar-refractivity contribution < 1.29 is 0 Å². The number of thiocarbonyl (C=S) groups is 1. The molecule has 0 aliphatic rings. The van der Waals surface area contributed by atoms with Crippen LogP contribution in [0.3, 0.4) is 0 Å². The highest BCUT2D eigenvalue weighted by Crippen LogP contribution is 2.13. The lowest BCUT2D eigenvalue weighted by Gasteiger charge is -2.07. The molecule has 2 aromatic heterocycles. The summed E-state index contributed by atoms with van der Waals surface area (Å²) in [5.41, 5.74) is 7.57. The predicted molar refractivity (Wildman–Crippen MR) is 79.0 cm³/mol. The van der Waals surface area contributed by atoms with Crippen LogP contribution in [0.1, 0.15) is 11.5 Å². The van der Waals surface area contributed by atoms with Crippen molar-refractivity contribution >= 4 is 28.1 Å². The van der Waals surface area contributed by atoms with E-state index in [9.17, 15) is 0 Å². The van der Waals surface area contributed by atoms with Crippen molar-refractivity contribution in [2.24, 2.45) is 5.73 Å². The van der Waals surface area contributed by atoms with E-state index in [2.05, 4.69) is 16.0 Å². The molecule has 0 amide bonds. The lowest BCUT2D eigenvalue weighted by Crippen LogP contribution is -2.17. The molecule has 0 unspecified atom stereocenters. The molecular weight excluding hydrogens is 256 g/mol. The van der Waals surface area contributed by atoms with Gasteiger partial charge in [0.1, 0.15) is 4.99 Å². The number of rotatable bonds is 3. The number of para-hydroxylation sites is 1. The molecule has 3 aromatic rings. The van der Waals surface area contributed by atoms with Gasteiger partial charge in [0.15, 0.2) is 5.82 Å². The van der Waals surface area contributed by atoms with Gasteiger partial charge in [0.05, 0.1) is 17.8 Å². The smallest absolute Gasteiger partial charge is 0.167 e. The average molecular weight is 268 g/mol. The fourth-order valence-electron chi connectivity index (χ4n) is 2.03. The van der Waals surface area contributed by atoms with E-state index in [1.165, 1.54) is 0 Å². The second-order valence-electron chi connectivity index (χ2n) is 4.24. The van der Waals surface area contributed by atoms with Gasteiger partial charge in [0.25, 0.3) is 0 Å². The van der Waals surface area contributed by atoms with Gasteiger partial charge in [-0.2, -0.15) is 0 Å². The molecule has 19 heavy (non-hydrogen) atoms. The summed E-state index contributed by atoms with van der Waals surface area (Å²) < 4.78 is 1.90. The molecule has 0 bridgehead atoms. The Labute approximate surface area is 115 Å². The Balaban J connectivity index is 1.97. The first kappa shape index (κ1) is 11.8. The van der Waals surface area contributed by atoms with E-state index in [-0.39, 0.29) is 0 Å². The van der Waals surface area contributed by atoms with Crippen molar-refractivity contribution in [3.8, 4) is 0 Å². The molecule has 4 nitrogen and oxygen atoms in total. The molecule has 0 saturated heterocycles. The predicted octanol–water partition coefficient (Wildman–Crippen LogP) is 2.11. The maximum Gasteiger partial charge on any atom is 0.167 e. The van der Waals surface area contributed by atoms with E-state index in [0.717, 1.165) is 16.6 Å². The van der Waals surface area contributed by atoms with Gasteiger partial charge in [-0.1, -0.05) is 36.5 Å². The van der Waals surface area contributed by atoms with Gasteiger partial charge < -0.3 is 10.3 Å². The number of benzene rings is 1. The quantitative estimate of drug-likeness (QED) is 0.739. The standard InChI is InChI=1S/C14H12N4S/c15-13(19)14-16-7-8-18(14)9-11-6-5-10-3-1-2-4-12(10)17-11/h1-8H,9H2,(H2,15,19). The average Bonchev–Trinajstić information content (AvgIpc) is 2.87. The Hall–Kier alpha value is -2.27. The lowest BCUT2D eigenvalue weighted by molar-refractivity contribution is 0.769. The van der Waals surface area contributed by atoms with E-state index in [0.29, 0.717) is 17.4 Å². The fourth-order valence-corrected chi connectivity index (χ4v) is 2.20. The number of imidazole rings is 1. The zero-order chi connectivity index (χ0) is 13.2. The van der Waals surface area contributed by atoms with E-state index in [4.69, 9.17) is 18.0 Å². The Morgan fingerprint density at radius 3 is 2.89 bits per heavy atom. The van der Waals surface area contributed by atoms with Crippen LogP contribution in [0.25, 0.3) is 10.9 Å². The minimum Gasteiger partial charge on any atom is -0.387 e. The lowest BCUT2D eigenvalue weighted by atomic mass is 10.2.